The SMILES string of the molecule is CCCc1c(C)nn(C(=O)CCC(=O)Nc2ccc(OCC)cc2)c1C. The van der Waals surface area contributed by atoms with Gasteiger partial charge in [-0.3, -0.25) is 9.59 Å². The van der Waals surface area contributed by atoms with Gasteiger partial charge in [-0.05, 0) is 57.0 Å². The standard InChI is InChI=1S/C20H27N3O3/c1-5-7-18-14(3)22-23(15(18)4)20(25)13-12-19(24)21-16-8-10-17(11-9-16)26-6-2/h8-11H,5-7,12-13H2,1-4H3,(H,21,24). The first-order valence-corrected chi connectivity index (χ1v) is 9.07. The van der Waals surface area contributed by atoms with Crippen molar-refractivity contribution in [1.82, 2.24) is 9.78 Å². The summed E-state index contributed by atoms with van der Waals surface area (Å²) < 4.78 is 6.80. The summed E-state index contributed by atoms with van der Waals surface area (Å²) in [5.74, 6) is 0.403. The van der Waals surface area contributed by atoms with E-state index in [9.17, 15) is 9.59 Å². The predicted molar refractivity (Wildman–Crippen MR) is 102 cm³/mol. The van der Waals surface area contributed by atoms with Crippen LogP contribution in [0.15, 0.2) is 24.3 Å². The van der Waals surface area contributed by atoms with Crippen LogP contribution >= 0.6 is 0 Å². The van der Waals surface area contributed by atoms with E-state index in [-0.39, 0.29) is 24.7 Å². The molecule has 1 aromatic heterocycles. The third kappa shape index (κ3) is 4.94. The van der Waals surface area contributed by atoms with Gasteiger partial charge >= 0.3 is 0 Å². The number of anilines is 1. The Morgan fingerprint density at radius 2 is 1.81 bits per heavy atom. The first kappa shape index (κ1) is 19.7. The molecule has 0 bridgehead atoms. The molecule has 0 aliphatic heterocycles. The van der Waals surface area contributed by atoms with Crippen LogP contribution in [0.1, 0.15) is 54.9 Å². The van der Waals surface area contributed by atoms with Crippen LogP contribution in [0.4, 0.5) is 5.69 Å². The van der Waals surface area contributed by atoms with Crippen LogP contribution in [0, 0.1) is 13.8 Å². The number of hydrogen-bond acceptors (Lipinski definition) is 4. The van der Waals surface area contributed by atoms with Gasteiger partial charge in [0.15, 0.2) is 0 Å². The fourth-order valence-electron chi connectivity index (χ4n) is 2.88. The molecule has 0 atom stereocenters. The number of carbonyl (C=O) groups is 2. The lowest BCUT2D eigenvalue weighted by atomic mass is 10.1. The van der Waals surface area contributed by atoms with Crippen molar-refractivity contribution >= 4 is 17.5 Å². The van der Waals surface area contributed by atoms with Crippen molar-refractivity contribution in [2.75, 3.05) is 11.9 Å². The van der Waals surface area contributed by atoms with Crippen LogP contribution in [0.25, 0.3) is 0 Å². The maximum Gasteiger partial charge on any atom is 0.247 e. The van der Waals surface area contributed by atoms with Crippen LogP contribution in [-0.4, -0.2) is 28.2 Å². The van der Waals surface area contributed by atoms with Gasteiger partial charge in [-0.25, -0.2) is 4.68 Å². The zero-order valence-electron chi connectivity index (χ0n) is 16.0. The molecule has 0 saturated carbocycles. The van der Waals surface area contributed by atoms with E-state index in [2.05, 4.69) is 17.3 Å². The Bertz CT molecular complexity index is 763. The molecule has 0 spiro atoms. The Kier molecular flexibility index (Phi) is 6.95. The third-order valence-corrected chi connectivity index (χ3v) is 4.19. The predicted octanol–water partition coefficient (Wildman–Crippen LogP) is 3.91. The van der Waals surface area contributed by atoms with Gasteiger partial charge in [-0.1, -0.05) is 13.3 Å². The molecule has 6 nitrogen and oxygen atoms in total. The van der Waals surface area contributed by atoms with Crippen molar-refractivity contribution in [3.63, 3.8) is 0 Å². The Hall–Kier alpha value is -2.63. The summed E-state index contributed by atoms with van der Waals surface area (Å²) in [6.07, 6.45) is 2.15. The molecule has 1 aromatic carbocycles. The number of aryl methyl sites for hydroxylation is 1. The van der Waals surface area contributed by atoms with Crippen LogP contribution in [0.3, 0.4) is 0 Å². The molecule has 140 valence electrons. The minimum Gasteiger partial charge on any atom is -0.494 e. The monoisotopic (exact) mass is 357 g/mol. The molecule has 0 aliphatic rings. The summed E-state index contributed by atoms with van der Waals surface area (Å²) >= 11 is 0. The molecule has 0 radical (unpaired) electrons. The van der Waals surface area contributed by atoms with Gasteiger partial charge in [0.2, 0.25) is 11.8 Å². The smallest absolute Gasteiger partial charge is 0.247 e. The van der Waals surface area contributed by atoms with E-state index >= 15 is 0 Å². The Morgan fingerprint density at radius 3 is 2.42 bits per heavy atom. The molecule has 1 amide bonds. The summed E-state index contributed by atoms with van der Waals surface area (Å²) in [4.78, 5) is 24.5. The largest absolute Gasteiger partial charge is 0.494 e. The van der Waals surface area contributed by atoms with Crippen molar-refractivity contribution in [2.45, 2.75) is 53.4 Å². The number of aromatic nitrogens is 2. The van der Waals surface area contributed by atoms with Crippen LogP contribution in [0.5, 0.6) is 5.75 Å². The molecule has 26 heavy (non-hydrogen) atoms. The van der Waals surface area contributed by atoms with Gasteiger partial charge in [0.1, 0.15) is 5.75 Å². The molecule has 6 heteroatoms. The molecule has 0 fully saturated rings. The zero-order chi connectivity index (χ0) is 19.1. The molecule has 2 aromatic rings. The Morgan fingerprint density at radius 1 is 1.12 bits per heavy atom. The van der Waals surface area contributed by atoms with E-state index in [4.69, 9.17) is 4.74 Å². The lowest BCUT2D eigenvalue weighted by molar-refractivity contribution is -0.116. The highest BCUT2D eigenvalue weighted by Gasteiger charge is 2.17. The number of nitrogens with one attached hydrogen (secondary N) is 1. The highest BCUT2D eigenvalue weighted by atomic mass is 16.5. The third-order valence-electron chi connectivity index (χ3n) is 4.19. The van der Waals surface area contributed by atoms with Crippen molar-refractivity contribution in [1.29, 1.82) is 0 Å². The number of amides is 1. The van der Waals surface area contributed by atoms with Crippen molar-refractivity contribution in [3.8, 4) is 5.75 Å². The minimum absolute atomic E-state index is 0.119. The molecule has 0 unspecified atom stereocenters. The van der Waals surface area contributed by atoms with E-state index in [0.29, 0.717) is 12.3 Å². The van der Waals surface area contributed by atoms with E-state index in [1.807, 2.05) is 20.8 Å². The minimum atomic E-state index is -0.196. The van der Waals surface area contributed by atoms with Gasteiger partial charge < -0.3 is 10.1 Å². The molecule has 0 aliphatic carbocycles. The van der Waals surface area contributed by atoms with Crippen LogP contribution in [0.2, 0.25) is 0 Å². The van der Waals surface area contributed by atoms with Crippen molar-refractivity contribution in [2.24, 2.45) is 0 Å². The van der Waals surface area contributed by atoms with Gasteiger partial charge in [0.05, 0.1) is 12.3 Å². The average Bonchev–Trinajstić information content (AvgIpc) is 2.90. The number of nitrogens with zero attached hydrogens (tertiary/aromatic N) is 2. The molecule has 1 N–H and O–H groups in total. The maximum absolute atomic E-state index is 12.4. The lowest BCUT2D eigenvalue weighted by Gasteiger charge is -2.07. The summed E-state index contributed by atoms with van der Waals surface area (Å²) in [6, 6.07) is 7.16. The number of hydrogen-bond donors (Lipinski definition) is 1. The van der Waals surface area contributed by atoms with Gasteiger partial charge in [0.25, 0.3) is 0 Å². The van der Waals surface area contributed by atoms with Gasteiger partial charge in [-0.15, -0.1) is 0 Å². The van der Waals surface area contributed by atoms with E-state index in [0.717, 1.165) is 35.5 Å². The fourth-order valence-corrected chi connectivity index (χ4v) is 2.88. The quantitative estimate of drug-likeness (QED) is 0.777. The molecular weight excluding hydrogens is 330 g/mol. The topological polar surface area (TPSA) is 73.2 Å². The first-order chi connectivity index (χ1) is 12.5. The first-order valence-electron chi connectivity index (χ1n) is 9.07. The maximum atomic E-state index is 12.4. The Labute approximate surface area is 154 Å². The summed E-state index contributed by atoms with van der Waals surface area (Å²) in [6.45, 7) is 8.44. The number of rotatable bonds is 8. The number of ether oxygens (including phenoxy) is 1. The van der Waals surface area contributed by atoms with Gasteiger partial charge in [-0.2, -0.15) is 5.10 Å². The molecule has 0 saturated heterocycles. The van der Waals surface area contributed by atoms with Crippen molar-refractivity contribution < 1.29 is 14.3 Å². The molecular formula is C20H27N3O3. The van der Waals surface area contributed by atoms with Crippen LogP contribution in [-0.2, 0) is 11.2 Å². The Balaban J connectivity index is 1.90. The van der Waals surface area contributed by atoms with Crippen molar-refractivity contribution in [3.05, 3.63) is 41.2 Å². The van der Waals surface area contributed by atoms with E-state index in [1.165, 1.54) is 4.68 Å². The second-order valence-electron chi connectivity index (χ2n) is 6.21. The van der Waals surface area contributed by atoms with E-state index in [1.54, 1.807) is 24.3 Å². The number of carbonyl (C=O) groups excluding carboxylic acids is 2. The highest BCUT2D eigenvalue weighted by Crippen LogP contribution is 2.17. The second kappa shape index (κ2) is 9.17. The van der Waals surface area contributed by atoms with Crippen LogP contribution < -0.4 is 10.1 Å². The summed E-state index contributed by atoms with van der Waals surface area (Å²) in [7, 11) is 0. The average molecular weight is 357 g/mol. The second-order valence-corrected chi connectivity index (χ2v) is 6.21. The normalized spacial score (nSPS) is 10.6. The summed E-state index contributed by atoms with van der Waals surface area (Å²) in [5, 5.41) is 7.13. The fraction of sp³-hybridized carbons (Fsp3) is 0.450. The summed E-state index contributed by atoms with van der Waals surface area (Å²) in [5.41, 5.74) is 3.57. The van der Waals surface area contributed by atoms with Gasteiger partial charge in [0, 0.05) is 24.2 Å². The molecule has 2 rings (SSSR count). The zero-order valence-corrected chi connectivity index (χ0v) is 16.0. The highest BCUT2D eigenvalue weighted by molar-refractivity contribution is 5.93. The molecule has 1 heterocycles. The lowest BCUT2D eigenvalue weighted by Crippen LogP contribution is -2.18. The van der Waals surface area contributed by atoms with E-state index < -0.39 is 0 Å². The number of benzene rings is 1.